The van der Waals surface area contributed by atoms with E-state index in [4.69, 9.17) is 5.73 Å². The smallest absolute Gasteiger partial charge is 0.261 e. The SMILES string of the molecule is Cc1ccc(O)c(C(=O)N(C)c2ccncc2N)c1. The van der Waals surface area contributed by atoms with Crippen LogP contribution in [0.15, 0.2) is 36.7 Å². The fraction of sp³-hybridized carbons (Fsp3) is 0.143. The third-order valence-electron chi connectivity index (χ3n) is 2.88. The Morgan fingerprint density at radius 1 is 1.37 bits per heavy atom. The number of nitrogens with zero attached hydrogens (tertiary/aromatic N) is 2. The number of pyridine rings is 1. The van der Waals surface area contributed by atoms with Gasteiger partial charge >= 0.3 is 0 Å². The number of nitrogens with two attached hydrogens (primary N) is 1. The zero-order valence-corrected chi connectivity index (χ0v) is 10.8. The number of aromatic nitrogens is 1. The standard InChI is InChI=1S/C14H15N3O2/c1-9-3-4-13(18)10(7-9)14(19)17(2)12-5-6-16-8-11(12)15/h3-8,18H,15H2,1-2H3. The molecule has 0 spiro atoms. The molecule has 1 amide bonds. The lowest BCUT2D eigenvalue weighted by atomic mass is 10.1. The molecule has 2 rings (SSSR count). The van der Waals surface area contributed by atoms with Gasteiger partial charge in [0.2, 0.25) is 0 Å². The van der Waals surface area contributed by atoms with E-state index in [0.29, 0.717) is 11.4 Å². The maximum absolute atomic E-state index is 12.4. The van der Waals surface area contributed by atoms with E-state index in [-0.39, 0.29) is 17.2 Å². The van der Waals surface area contributed by atoms with Crippen molar-refractivity contribution in [1.29, 1.82) is 0 Å². The molecule has 1 heterocycles. The fourth-order valence-electron chi connectivity index (χ4n) is 1.82. The average Bonchev–Trinajstić information content (AvgIpc) is 2.40. The van der Waals surface area contributed by atoms with Gasteiger partial charge in [0.05, 0.1) is 23.1 Å². The highest BCUT2D eigenvalue weighted by Gasteiger charge is 2.18. The quantitative estimate of drug-likeness (QED) is 0.861. The molecule has 2 aromatic rings. The molecule has 0 atom stereocenters. The molecule has 0 aliphatic carbocycles. The van der Waals surface area contributed by atoms with Gasteiger partial charge in [0.25, 0.3) is 5.91 Å². The van der Waals surface area contributed by atoms with Crippen molar-refractivity contribution in [2.24, 2.45) is 0 Å². The summed E-state index contributed by atoms with van der Waals surface area (Å²) < 4.78 is 0. The van der Waals surface area contributed by atoms with Gasteiger partial charge in [-0.2, -0.15) is 0 Å². The van der Waals surface area contributed by atoms with Crippen molar-refractivity contribution in [2.75, 3.05) is 17.7 Å². The minimum Gasteiger partial charge on any atom is -0.507 e. The molecule has 1 aromatic heterocycles. The van der Waals surface area contributed by atoms with E-state index in [2.05, 4.69) is 4.98 Å². The summed E-state index contributed by atoms with van der Waals surface area (Å²) in [5.74, 6) is -0.367. The second-order valence-electron chi connectivity index (χ2n) is 4.32. The van der Waals surface area contributed by atoms with Crippen molar-refractivity contribution in [3.8, 4) is 5.75 Å². The van der Waals surface area contributed by atoms with Crippen LogP contribution in [0, 0.1) is 6.92 Å². The van der Waals surface area contributed by atoms with Gasteiger partial charge in [0.15, 0.2) is 0 Å². The molecule has 0 saturated carbocycles. The Labute approximate surface area is 111 Å². The highest BCUT2D eigenvalue weighted by Crippen LogP contribution is 2.25. The van der Waals surface area contributed by atoms with Crippen LogP contribution in [-0.4, -0.2) is 23.0 Å². The molecule has 3 N–H and O–H groups in total. The molecule has 0 saturated heterocycles. The first-order valence-electron chi connectivity index (χ1n) is 5.78. The Kier molecular flexibility index (Phi) is 3.37. The molecular formula is C14H15N3O2. The summed E-state index contributed by atoms with van der Waals surface area (Å²) >= 11 is 0. The number of hydrogen-bond donors (Lipinski definition) is 2. The van der Waals surface area contributed by atoms with Gasteiger partial charge in [-0.3, -0.25) is 9.78 Å². The van der Waals surface area contributed by atoms with E-state index in [1.54, 1.807) is 31.4 Å². The number of carbonyl (C=O) groups is 1. The van der Waals surface area contributed by atoms with Crippen molar-refractivity contribution in [3.05, 3.63) is 47.8 Å². The van der Waals surface area contributed by atoms with Crippen LogP contribution in [0.25, 0.3) is 0 Å². The lowest BCUT2D eigenvalue weighted by Gasteiger charge is -2.19. The van der Waals surface area contributed by atoms with Gasteiger partial charge in [-0.25, -0.2) is 0 Å². The number of anilines is 2. The number of amides is 1. The van der Waals surface area contributed by atoms with Crippen LogP contribution in [0.4, 0.5) is 11.4 Å². The Hall–Kier alpha value is -2.56. The molecule has 0 radical (unpaired) electrons. The van der Waals surface area contributed by atoms with Crippen molar-refractivity contribution in [3.63, 3.8) is 0 Å². The van der Waals surface area contributed by atoms with E-state index in [0.717, 1.165) is 5.56 Å². The maximum Gasteiger partial charge on any atom is 0.261 e. The highest BCUT2D eigenvalue weighted by molar-refractivity contribution is 6.08. The molecule has 1 aromatic carbocycles. The van der Waals surface area contributed by atoms with E-state index < -0.39 is 0 Å². The number of phenolic OH excluding ortho intramolecular Hbond substituents is 1. The van der Waals surface area contributed by atoms with Crippen LogP contribution >= 0.6 is 0 Å². The second kappa shape index (κ2) is 4.97. The van der Waals surface area contributed by atoms with E-state index in [1.165, 1.54) is 17.2 Å². The average molecular weight is 257 g/mol. The zero-order chi connectivity index (χ0) is 14.0. The largest absolute Gasteiger partial charge is 0.507 e. The second-order valence-corrected chi connectivity index (χ2v) is 4.32. The number of benzene rings is 1. The van der Waals surface area contributed by atoms with Crippen LogP contribution in [0.1, 0.15) is 15.9 Å². The molecule has 19 heavy (non-hydrogen) atoms. The minimum absolute atomic E-state index is 0.0462. The number of nitrogen functional groups attached to an aromatic ring is 1. The fourth-order valence-corrected chi connectivity index (χ4v) is 1.82. The van der Waals surface area contributed by atoms with Crippen LogP contribution in [0.3, 0.4) is 0 Å². The molecular weight excluding hydrogens is 242 g/mol. The summed E-state index contributed by atoms with van der Waals surface area (Å²) in [6.07, 6.45) is 3.04. The lowest BCUT2D eigenvalue weighted by Crippen LogP contribution is -2.27. The van der Waals surface area contributed by atoms with Crippen LogP contribution in [0.2, 0.25) is 0 Å². The van der Waals surface area contributed by atoms with Crippen LogP contribution < -0.4 is 10.6 Å². The molecule has 0 bridgehead atoms. The van der Waals surface area contributed by atoms with E-state index in [1.807, 2.05) is 6.92 Å². The Morgan fingerprint density at radius 2 is 2.11 bits per heavy atom. The predicted molar refractivity (Wildman–Crippen MR) is 74.2 cm³/mol. The van der Waals surface area contributed by atoms with Gasteiger partial charge in [-0.05, 0) is 25.1 Å². The van der Waals surface area contributed by atoms with Crippen molar-refractivity contribution in [1.82, 2.24) is 4.98 Å². The van der Waals surface area contributed by atoms with Crippen molar-refractivity contribution >= 4 is 17.3 Å². The van der Waals surface area contributed by atoms with E-state index in [9.17, 15) is 9.90 Å². The lowest BCUT2D eigenvalue weighted by molar-refractivity contribution is 0.0990. The first kappa shape index (κ1) is 12.9. The van der Waals surface area contributed by atoms with E-state index >= 15 is 0 Å². The molecule has 0 aliphatic heterocycles. The van der Waals surface area contributed by atoms with Crippen molar-refractivity contribution in [2.45, 2.75) is 6.92 Å². The topological polar surface area (TPSA) is 79.5 Å². The first-order chi connectivity index (χ1) is 9.00. The predicted octanol–water partition coefficient (Wildman–Crippen LogP) is 1.95. The number of aromatic hydroxyl groups is 1. The Morgan fingerprint density at radius 3 is 2.79 bits per heavy atom. The molecule has 0 fully saturated rings. The summed E-state index contributed by atoms with van der Waals surface area (Å²) in [5, 5.41) is 9.78. The summed E-state index contributed by atoms with van der Waals surface area (Å²) in [7, 11) is 1.61. The zero-order valence-electron chi connectivity index (χ0n) is 10.8. The maximum atomic E-state index is 12.4. The number of hydrogen-bond acceptors (Lipinski definition) is 4. The first-order valence-corrected chi connectivity index (χ1v) is 5.78. The Balaban J connectivity index is 2.39. The van der Waals surface area contributed by atoms with Crippen LogP contribution in [0.5, 0.6) is 5.75 Å². The van der Waals surface area contributed by atoms with Gasteiger partial charge in [-0.1, -0.05) is 11.6 Å². The highest BCUT2D eigenvalue weighted by atomic mass is 16.3. The third kappa shape index (κ3) is 2.49. The number of phenols is 1. The Bertz CT molecular complexity index is 626. The number of rotatable bonds is 2. The molecule has 5 heteroatoms. The normalized spacial score (nSPS) is 10.2. The van der Waals surface area contributed by atoms with Crippen LogP contribution in [-0.2, 0) is 0 Å². The van der Waals surface area contributed by atoms with Crippen molar-refractivity contribution < 1.29 is 9.90 Å². The summed E-state index contributed by atoms with van der Waals surface area (Å²) in [6, 6.07) is 6.55. The number of aryl methyl sites for hydroxylation is 1. The molecule has 0 aliphatic rings. The monoisotopic (exact) mass is 257 g/mol. The molecule has 5 nitrogen and oxygen atoms in total. The number of carbonyl (C=O) groups excluding carboxylic acids is 1. The van der Waals surface area contributed by atoms with Gasteiger partial charge in [0.1, 0.15) is 5.75 Å². The third-order valence-corrected chi connectivity index (χ3v) is 2.88. The summed E-state index contributed by atoms with van der Waals surface area (Å²) in [4.78, 5) is 17.6. The molecule has 98 valence electrons. The van der Waals surface area contributed by atoms with Gasteiger partial charge < -0.3 is 15.7 Å². The molecule has 0 unspecified atom stereocenters. The van der Waals surface area contributed by atoms with Gasteiger partial charge in [0, 0.05) is 13.2 Å². The summed E-state index contributed by atoms with van der Waals surface area (Å²) in [5.41, 5.74) is 7.90. The minimum atomic E-state index is -0.320. The summed E-state index contributed by atoms with van der Waals surface area (Å²) in [6.45, 7) is 1.86. The van der Waals surface area contributed by atoms with Gasteiger partial charge in [-0.15, -0.1) is 0 Å².